The Morgan fingerprint density at radius 1 is 1.59 bits per heavy atom. The fourth-order valence-electron chi connectivity index (χ4n) is 2.10. The molecule has 1 atom stereocenters. The highest BCUT2D eigenvalue weighted by Crippen LogP contribution is 2.29. The van der Waals surface area contributed by atoms with Gasteiger partial charge in [0.2, 0.25) is 5.91 Å². The van der Waals surface area contributed by atoms with Gasteiger partial charge >= 0.3 is 0 Å². The van der Waals surface area contributed by atoms with E-state index in [9.17, 15) is 4.79 Å². The molecule has 4 heteroatoms. The molecule has 17 heavy (non-hydrogen) atoms. The van der Waals surface area contributed by atoms with Crippen LogP contribution in [0.2, 0.25) is 0 Å². The van der Waals surface area contributed by atoms with Gasteiger partial charge in [-0.3, -0.25) is 4.79 Å². The number of aryl methyl sites for hydroxylation is 1. The van der Waals surface area contributed by atoms with Crippen molar-refractivity contribution in [3.8, 4) is 6.07 Å². The van der Waals surface area contributed by atoms with Gasteiger partial charge in [0.25, 0.3) is 0 Å². The Bertz CT molecular complexity index is 493. The highest BCUT2D eigenvalue weighted by atomic mass is 32.1. The van der Waals surface area contributed by atoms with Gasteiger partial charge in [0.05, 0.1) is 11.3 Å². The zero-order chi connectivity index (χ0) is 12.4. The van der Waals surface area contributed by atoms with E-state index < -0.39 is 0 Å². The number of rotatable bonds is 2. The fourth-order valence-corrected chi connectivity index (χ4v) is 2.34. The Hall–Kier alpha value is -1.47. The molecule has 1 amide bonds. The molecular formula is C13H14N2OS. The van der Waals surface area contributed by atoms with Crippen LogP contribution in [0, 0.1) is 24.2 Å². The number of carbonyl (C=O) groups excluding carboxylic acids is 1. The van der Waals surface area contributed by atoms with Crippen LogP contribution in [0.1, 0.15) is 17.5 Å². The molecule has 1 aromatic carbocycles. The Labute approximate surface area is 106 Å². The molecule has 3 nitrogen and oxygen atoms in total. The van der Waals surface area contributed by atoms with Gasteiger partial charge in [-0.25, -0.2) is 0 Å². The molecule has 0 aliphatic carbocycles. The summed E-state index contributed by atoms with van der Waals surface area (Å²) in [5, 5.41) is 9.08. The van der Waals surface area contributed by atoms with E-state index in [4.69, 9.17) is 5.26 Å². The van der Waals surface area contributed by atoms with Crippen molar-refractivity contribution in [2.24, 2.45) is 5.92 Å². The molecule has 1 unspecified atom stereocenters. The molecule has 1 aliphatic heterocycles. The summed E-state index contributed by atoms with van der Waals surface area (Å²) >= 11 is 4.23. The summed E-state index contributed by atoms with van der Waals surface area (Å²) in [5.74, 6) is 1.08. The first-order chi connectivity index (χ1) is 8.15. The van der Waals surface area contributed by atoms with Gasteiger partial charge in [0.1, 0.15) is 6.07 Å². The number of benzene rings is 1. The lowest BCUT2D eigenvalue weighted by Gasteiger charge is -2.18. The fraction of sp³-hybridized carbons (Fsp3) is 0.385. The van der Waals surface area contributed by atoms with Crippen LogP contribution in [0.5, 0.6) is 0 Å². The Kier molecular flexibility index (Phi) is 3.39. The average Bonchev–Trinajstić information content (AvgIpc) is 2.70. The highest BCUT2D eigenvalue weighted by molar-refractivity contribution is 7.80. The van der Waals surface area contributed by atoms with Crippen molar-refractivity contribution in [2.75, 3.05) is 17.2 Å². The third kappa shape index (κ3) is 2.29. The summed E-state index contributed by atoms with van der Waals surface area (Å²) in [7, 11) is 0. The number of nitrogens with zero attached hydrogens (tertiary/aromatic N) is 2. The van der Waals surface area contributed by atoms with E-state index in [1.54, 1.807) is 11.0 Å². The molecule has 88 valence electrons. The van der Waals surface area contributed by atoms with Crippen LogP contribution in [0.4, 0.5) is 5.69 Å². The molecule has 2 rings (SSSR count). The van der Waals surface area contributed by atoms with Crippen molar-refractivity contribution in [3.63, 3.8) is 0 Å². The quantitative estimate of drug-likeness (QED) is 0.813. The molecule has 0 bridgehead atoms. The number of hydrogen-bond acceptors (Lipinski definition) is 3. The van der Waals surface area contributed by atoms with E-state index in [1.807, 2.05) is 19.1 Å². The second-order valence-corrected chi connectivity index (χ2v) is 4.75. The Morgan fingerprint density at radius 3 is 2.94 bits per heavy atom. The smallest absolute Gasteiger partial charge is 0.227 e. The van der Waals surface area contributed by atoms with E-state index in [-0.39, 0.29) is 11.8 Å². The van der Waals surface area contributed by atoms with E-state index in [0.29, 0.717) is 24.3 Å². The van der Waals surface area contributed by atoms with E-state index in [1.165, 1.54) is 0 Å². The molecule has 1 saturated heterocycles. The summed E-state index contributed by atoms with van der Waals surface area (Å²) in [6, 6.07) is 7.70. The number of anilines is 1. The maximum absolute atomic E-state index is 11.9. The van der Waals surface area contributed by atoms with Crippen LogP contribution < -0.4 is 4.90 Å². The van der Waals surface area contributed by atoms with Crippen LogP contribution in [-0.2, 0) is 4.79 Å². The van der Waals surface area contributed by atoms with Gasteiger partial charge in [-0.2, -0.15) is 17.9 Å². The third-order valence-electron chi connectivity index (χ3n) is 3.03. The molecule has 0 spiro atoms. The van der Waals surface area contributed by atoms with Crippen LogP contribution in [0.15, 0.2) is 18.2 Å². The molecule has 0 saturated carbocycles. The minimum atomic E-state index is 0.0890. The van der Waals surface area contributed by atoms with Crippen molar-refractivity contribution in [1.82, 2.24) is 0 Å². The van der Waals surface area contributed by atoms with Gasteiger partial charge in [0, 0.05) is 13.0 Å². The first-order valence-corrected chi connectivity index (χ1v) is 6.21. The van der Waals surface area contributed by atoms with Gasteiger partial charge in [-0.05, 0) is 36.3 Å². The lowest BCUT2D eigenvalue weighted by molar-refractivity contribution is -0.117. The minimum Gasteiger partial charge on any atom is -0.311 e. The Morgan fingerprint density at radius 2 is 2.35 bits per heavy atom. The predicted octanol–water partition coefficient (Wildman–Crippen LogP) is 2.15. The molecule has 1 fully saturated rings. The largest absolute Gasteiger partial charge is 0.311 e. The molecular weight excluding hydrogens is 232 g/mol. The minimum absolute atomic E-state index is 0.0890. The molecule has 1 heterocycles. The van der Waals surface area contributed by atoms with Crippen molar-refractivity contribution in [3.05, 3.63) is 29.3 Å². The lowest BCUT2D eigenvalue weighted by Crippen LogP contribution is -2.25. The van der Waals surface area contributed by atoms with E-state index in [0.717, 1.165) is 11.3 Å². The van der Waals surface area contributed by atoms with Gasteiger partial charge in [0.15, 0.2) is 0 Å². The van der Waals surface area contributed by atoms with Gasteiger partial charge < -0.3 is 4.90 Å². The van der Waals surface area contributed by atoms with Gasteiger partial charge in [-0.15, -0.1) is 0 Å². The first kappa shape index (κ1) is 12.0. The lowest BCUT2D eigenvalue weighted by atomic mass is 10.1. The van der Waals surface area contributed by atoms with Crippen molar-refractivity contribution in [1.29, 1.82) is 5.26 Å². The second-order valence-electron chi connectivity index (χ2n) is 4.39. The average molecular weight is 246 g/mol. The standard InChI is InChI=1S/C13H14N2OS/c1-9-2-3-11(6-14)12(4-9)15-7-10(8-17)5-13(15)16/h2-4,10,17H,5,7-8H2,1H3. The van der Waals surface area contributed by atoms with E-state index >= 15 is 0 Å². The predicted molar refractivity (Wildman–Crippen MR) is 70.2 cm³/mol. The number of carbonyl (C=O) groups is 1. The summed E-state index contributed by atoms with van der Waals surface area (Å²) < 4.78 is 0. The summed E-state index contributed by atoms with van der Waals surface area (Å²) in [6.07, 6.45) is 0.530. The highest BCUT2D eigenvalue weighted by Gasteiger charge is 2.30. The monoisotopic (exact) mass is 246 g/mol. The number of thiol groups is 1. The number of hydrogen-bond donors (Lipinski definition) is 1. The second kappa shape index (κ2) is 4.80. The van der Waals surface area contributed by atoms with E-state index in [2.05, 4.69) is 18.7 Å². The Balaban J connectivity index is 2.37. The third-order valence-corrected chi connectivity index (χ3v) is 3.54. The molecule has 0 aromatic heterocycles. The van der Waals surface area contributed by atoms with Crippen LogP contribution in [0.25, 0.3) is 0 Å². The zero-order valence-corrected chi connectivity index (χ0v) is 10.6. The van der Waals surface area contributed by atoms with Crippen LogP contribution in [0.3, 0.4) is 0 Å². The van der Waals surface area contributed by atoms with Crippen molar-refractivity contribution >= 4 is 24.2 Å². The summed E-state index contributed by atoms with van der Waals surface area (Å²) in [4.78, 5) is 13.6. The topological polar surface area (TPSA) is 44.1 Å². The van der Waals surface area contributed by atoms with Crippen molar-refractivity contribution < 1.29 is 4.79 Å². The zero-order valence-electron chi connectivity index (χ0n) is 9.68. The van der Waals surface area contributed by atoms with Gasteiger partial charge in [-0.1, -0.05) is 6.07 Å². The summed E-state index contributed by atoms with van der Waals surface area (Å²) in [5.41, 5.74) is 2.35. The molecule has 0 N–H and O–H groups in total. The molecule has 1 aliphatic rings. The number of nitriles is 1. The summed E-state index contributed by atoms with van der Waals surface area (Å²) in [6.45, 7) is 2.63. The normalized spacial score (nSPS) is 19.5. The van der Waals surface area contributed by atoms with Crippen LogP contribution in [-0.4, -0.2) is 18.2 Å². The maximum Gasteiger partial charge on any atom is 0.227 e. The molecule has 0 radical (unpaired) electrons. The molecule has 1 aromatic rings. The maximum atomic E-state index is 11.9. The SMILES string of the molecule is Cc1ccc(C#N)c(N2CC(CS)CC2=O)c1. The first-order valence-electron chi connectivity index (χ1n) is 5.57. The number of amides is 1. The van der Waals surface area contributed by atoms with Crippen LogP contribution >= 0.6 is 12.6 Å². The van der Waals surface area contributed by atoms with Crippen molar-refractivity contribution in [2.45, 2.75) is 13.3 Å².